The van der Waals surface area contributed by atoms with Crippen LogP contribution >= 0.6 is 22.9 Å². The Morgan fingerprint density at radius 2 is 2.04 bits per heavy atom. The van der Waals surface area contributed by atoms with E-state index >= 15 is 0 Å². The third kappa shape index (κ3) is 3.67. The first-order valence-corrected chi connectivity index (χ1v) is 8.08. The van der Waals surface area contributed by atoms with Gasteiger partial charge in [0.15, 0.2) is 5.69 Å². The van der Waals surface area contributed by atoms with E-state index in [1.807, 2.05) is 0 Å². The van der Waals surface area contributed by atoms with Gasteiger partial charge >= 0.3 is 6.18 Å². The van der Waals surface area contributed by atoms with Crippen molar-refractivity contribution in [3.63, 3.8) is 0 Å². The Morgan fingerprint density at radius 3 is 2.68 bits per heavy atom. The molecular weight excluding hydrogens is 377 g/mol. The zero-order valence-corrected chi connectivity index (χ0v) is 14.2. The lowest BCUT2D eigenvalue weighted by molar-refractivity contribution is -0.141. The molecule has 1 aromatic carbocycles. The predicted molar refractivity (Wildman–Crippen MR) is 88.7 cm³/mol. The minimum atomic E-state index is -4.53. The molecular formula is C15H10ClF3N4OS. The highest BCUT2D eigenvalue weighted by molar-refractivity contribution is 7.19. The van der Waals surface area contributed by atoms with Gasteiger partial charge in [-0.2, -0.15) is 18.3 Å². The van der Waals surface area contributed by atoms with E-state index in [0.717, 1.165) is 22.1 Å². The van der Waals surface area contributed by atoms with Crippen LogP contribution in [0.4, 0.5) is 18.2 Å². The van der Waals surface area contributed by atoms with Gasteiger partial charge in [-0.25, -0.2) is 4.98 Å². The van der Waals surface area contributed by atoms with E-state index < -0.39 is 17.8 Å². The number of aryl methyl sites for hydroxylation is 1. The molecule has 5 nitrogen and oxygen atoms in total. The van der Waals surface area contributed by atoms with E-state index in [1.54, 1.807) is 24.3 Å². The Morgan fingerprint density at radius 1 is 1.32 bits per heavy atom. The summed E-state index contributed by atoms with van der Waals surface area (Å²) >= 11 is 7.00. The van der Waals surface area contributed by atoms with Crippen LogP contribution in [-0.4, -0.2) is 20.7 Å². The van der Waals surface area contributed by atoms with Crippen molar-refractivity contribution in [1.82, 2.24) is 14.8 Å². The number of halogens is 4. The maximum absolute atomic E-state index is 12.7. The number of carbonyl (C=O) groups is 1. The highest BCUT2D eigenvalue weighted by atomic mass is 35.5. The minimum Gasteiger partial charge on any atom is -0.312 e. The molecule has 0 unspecified atom stereocenters. The molecule has 0 atom stereocenters. The Kier molecular flexibility index (Phi) is 4.53. The number of nitrogens with one attached hydrogen (secondary N) is 1. The second-order valence-electron chi connectivity index (χ2n) is 5.00. The Hall–Kier alpha value is -2.39. The monoisotopic (exact) mass is 386 g/mol. The van der Waals surface area contributed by atoms with Gasteiger partial charge in [0.25, 0.3) is 5.91 Å². The molecule has 0 saturated carbocycles. The summed E-state index contributed by atoms with van der Waals surface area (Å²) in [6, 6.07) is 7.44. The number of thiazole rings is 1. The lowest BCUT2D eigenvalue weighted by Gasteiger charge is -2.03. The van der Waals surface area contributed by atoms with Crippen molar-refractivity contribution in [3.8, 4) is 10.7 Å². The third-order valence-electron chi connectivity index (χ3n) is 3.25. The molecule has 0 bridgehead atoms. The third-order valence-corrected chi connectivity index (χ3v) is 4.52. The largest absolute Gasteiger partial charge is 0.435 e. The SMILES string of the molecule is Cn1nc(C(F)(F)F)cc1-c1ncc(NC(=O)c2ccccc2Cl)s1. The van der Waals surface area contributed by atoms with Crippen molar-refractivity contribution in [2.45, 2.75) is 6.18 Å². The van der Waals surface area contributed by atoms with Crippen LogP contribution in [0.2, 0.25) is 5.02 Å². The number of benzene rings is 1. The molecule has 0 aliphatic carbocycles. The summed E-state index contributed by atoms with van der Waals surface area (Å²) in [6.07, 6.45) is -3.16. The number of amides is 1. The number of anilines is 1. The fraction of sp³-hybridized carbons (Fsp3) is 0.133. The van der Waals surface area contributed by atoms with Crippen LogP contribution in [-0.2, 0) is 13.2 Å². The van der Waals surface area contributed by atoms with Crippen LogP contribution in [0.3, 0.4) is 0 Å². The molecule has 1 N–H and O–H groups in total. The molecule has 2 aromatic heterocycles. The van der Waals surface area contributed by atoms with Gasteiger partial charge in [0, 0.05) is 7.05 Å². The van der Waals surface area contributed by atoms with Crippen molar-refractivity contribution >= 4 is 33.8 Å². The van der Waals surface area contributed by atoms with Gasteiger partial charge in [-0.05, 0) is 18.2 Å². The second kappa shape index (κ2) is 6.49. The van der Waals surface area contributed by atoms with Gasteiger partial charge in [-0.3, -0.25) is 9.48 Å². The molecule has 0 radical (unpaired) electrons. The molecule has 25 heavy (non-hydrogen) atoms. The summed E-state index contributed by atoms with van der Waals surface area (Å²) < 4.78 is 39.3. The number of aromatic nitrogens is 3. The van der Waals surface area contributed by atoms with Gasteiger partial charge in [0.2, 0.25) is 0 Å². The first-order chi connectivity index (χ1) is 11.8. The average molecular weight is 387 g/mol. The number of rotatable bonds is 3. The number of carbonyl (C=O) groups excluding carboxylic acids is 1. The maximum Gasteiger partial charge on any atom is 0.435 e. The van der Waals surface area contributed by atoms with Crippen LogP contribution in [0, 0.1) is 0 Å². The van der Waals surface area contributed by atoms with Crippen molar-refractivity contribution < 1.29 is 18.0 Å². The highest BCUT2D eigenvalue weighted by Gasteiger charge is 2.35. The number of hydrogen-bond acceptors (Lipinski definition) is 4. The van der Waals surface area contributed by atoms with Gasteiger partial charge in [0.1, 0.15) is 10.0 Å². The van der Waals surface area contributed by atoms with Gasteiger partial charge in [0.05, 0.1) is 22.5 Å². The van der Waals surface area contributed by atoms with Crippen molar-refractivity contribution in [1.29, 1.82) is 0 Å². The summed E-state index contributed by atoms with van der Waals surface area (Å²) in [5, 5.41) is 7.05. The van der Waals surface area contributed by atoms with E-state index in [0.29, 0.717) is 20.6 Å². The maximum atomic E-state index is 12.7. The van der Waals surface area contributed by atoms with E-state index in [1.165, 1.54) is 13.2 Å². The lowest BCUT2D eigenvalue weighted by atomic mass is 10.2. The normalized spacial score (nSPS) is 11.6. The molecule has 3 aromatic rings. The number of alkyl halides is 3. The minimum absolute atomic E-state index is 0.204. The number of hydrogen-bond donors (Lipinski definition) is 1. The van der Waals surface area contributed by atoms with Crippen molar-refractivity contribution in [2.24, 2.45) is 7.05 Å². The van der Waals surface area contributed by atoms with Crippen molar-refractivity contribution in [3.05, 3.63) is 52.8 Å². The Balaban J connectivity index is 1.83. The standard InChI is InChI=1S/C15H10ClF3N4OS/c1-23-10(6-11(22-23)15(17,18)19)14-20-7-12(25-14)21-13(24)8-4-2-3-5-9(8)16/h2-7H,1H3,(H,21,24). The first kappa shape index (κ1) is 17.4. The fourth-order valence-corrected chi connectivity index (χ4v) is 3.16. The fourth-order valence-electron chi connectivity index (χ4n) is 2.08. The smallest absolute Gasteiger partial charge is 0.312 e. The molecule has 10 heteroatoms. The summed E-state index contributed by atoms with van der Waals surface area (Å²) in [7, 11) is 1.40. The van der Waals surface area contributed by atoms with E-state index in [9.17, 15) is 18.0 Å². The summed E-state index contributed by atoms with van der Waals surface area (Å²) in [5.41, 5.74) is -0.503. The quantitative estimate of drug-likeness (QED) is 0.722. The van der Waals surface area contributed by atoms with Crippen LogP contribution in [0.5, 0.6) is 0 Å². The molecule has 2 heterocycles. The zero-order valence-electron chi connectivity index (χ0n) is 12.6. The number of nitrogens with zero attached hydrogens (tertiary/aromatic N) is 3. The Labute approximate surface area is 149 Å². The van der Waals surface area contributed by atoms with Crippen LogP contribution < -0.4 is 5.32 Å². The summed E-state index contributed by atoms with van der Waals surface area (Å²) in [4.78, 5) is 16.3. The van der Waals surface area contributed by atoms with E-state index in [-0.39, 0.29) is 5.69 Å². The topological polar surface area (TPSA) is 59.8 Å². The predicted octanol–water partition coefficient (Wildman–Crippen LogP) is 4.47. The lowest BCUT2D eigenvalue weighted by Crippen LogP contribution is -2.11. The second-order valence-corrected chi connectivity index (χ2v) is 6.44. The molecule has 0 aliphatic heterocycles. The highest BCUT2D eigenvalue weighted by Crippen LogP contribution is 2.34. The molecule has 0 fully saturated rings. The summed E-state index contributed by atoms with van der Waals surface area (Å²) in [5.74, 6) is -0.429. The molecule has 0 aliphatic rings. The molecule has 130 valence electrons. The van der Waals surface area contributed by atoms with Crippen LogP contribution in [0.1, 0.15) is 16.1 Å². The van der Waals surface area contributed by atoms with E-state index in [4.69, 9.17) is 11.6 Å². The average Bonchev–Trinajstić information content (AvgIpc) is 3.13. The first-order valence-electron chi connectivity index (χ1n) is 6.89. The molecule has 0 spiro atoms. The Bertz CT molecular complexity index is 935. The van der Waals surface area contributed by atoms with Gasteiger partial charge < -0.3 is 5.32 Å². The van der Waals surface area contributed by atoms with Crippen molar-refractivity contribution in [2.75, 3.05) is 5.32 Å². The summed E-state index contributed by atoms with van der Waals surface area (Å²) in [6.45, 7) is 0. The van der Waals surface area contributed by atoms with Crippen LogP contribution in [0.25, 0.3) is 10.7 Å². The molecule has 0 saturated heterocycles. The molecule has 3 rings (SSSR count). The van der Waals surface area contributed by atoms with Gasteiger partial charge in [-0.15, -0.1) is 0 Å². The van der Waals surface area contributed by atoms with Gasteiger partial charge in [-0.1, -0.05) is 35.1 Å². The molecule has 1 amide bonds. The van der Waals surface area contributed by atoms with E-state index in [2.05, 4.69) is 15.4 Å². The van der Waals surface area contributed by atoms with Crippen LogP contribution in [0.15, 0.2) is 36.5 Å². The zero-order chi connectivity index (χ0) is 18.2.